The standard InChI is InChI=1S/C19H40O2Si/c1-16(2,3)15-13-12-14-19(17(4,5)6,18(7,8)9)22(15,20-10)21-11/h15H,12-14H2,1-11H3. The van der Waals surface area contributed by atoms with Crippen molar-refractivity contribution in [1.29, 1.82) is 0 Å². The van der Waals surface area contributed by atoms with E-state index in [2.05, 4.69) is 62.3 Å². The maximum absolute atomic E-state index is 6.45. The summed E-state index contributed by atoms with van der Waals surface area (Å²) < 4.78 is 12.9. The van der Waals surface area contributed by atoms with Crippen LogP contribution in [0, 0.1) is 16.2 Å². The summed E-state index contributed by atoms with van der Waals surface area (Å²) in [5.74, 6) is 0. The average Bonchev–Trinajstić information content (AvgIpc) is 2.33. The first-order valence-corrected chi connectivity index (χ1v) is 10.7. The molecule has 0 aromatic carbocycles. The largest absolute Gasteiger partial charge is 0.397 e. The smallest absolute Gasteiger partial charge is 0.348 e. The van der Waals surface area contributed by atoms with Gasteiger partial charge in [0.25, 0.3) is 0 Å². The molecule has 1 aliphatic heterocycles. The predicted octanol–water partition coefficient (Wildman–Crippen LogP) is 6.15. The lowest BCUT2D eigenvalue weighted by Gasteiger charge is -2.66. The van der Waals surface area contributed by atoms with Gasteiger partial charge in [-0.3, -0.25) is 0 Å². The van der Waals surface area contributed by atoms with Crippen LogP contribution >= 0.6 is 0 Å². The van der Waals surface area contributed by atoms with Gasteiger partial charge < -0.3 is 8.85 Å². The van der Waals surface area contributed by atoms with Gasteiger partial charge in [0.15, 0.2) is 0 Å². The van der Waals surface area contributed by atoms with E-state index in [1.54, 1.807) is 0 Å². The molecule has 22 heavy (non-hydrogen) atoms. The summed E-state index contributed by atoms with van der Waals surface area (Å²) in [5.41, 5.74) is 1.02. The van der Waals surface area contributed by atoms with Crippen molar-refractivity contribution in [3.63, 3.8) is 0 Å². The van der Waals surface area contributed by atoms with E-state index >= 15 is 0 Å². The molecule has 0 aromatic rings. The van der Waals surface area contributed by atoms with E-state index in [0.29, 0.717) is 5.54 Å². The Kier molecular flexibility index (Phi) is 5.41. The normalized spacial score (nSPS) is 26.0. The summed E-state index contributed by atoms with van der Waals surface area (Å²) in [5, 5.41) is 0.0900. The van der Waals surface area contributed by atoms with E-state index in [1.807, 2.05) is 14.2 Å². The summed E-state index contributed by atoms with van der Waals surface area (Å²) in [6.45, 7) is 21.4. The third-order valence-corrected chi connectivity index (χ3v) is 12.5. The highest BCUT2D eigenvalue weighted by Crippen LogP contribution is 2.73. The van der Waals surface area contributed by atoms with Gasteiger partial charge in [0, 0.05) is 24.8 Å². The first-order valence-electron chi connectivity index (χ1n) is 8.81. The van der Waals surface area contributed by atoms with Crippen LogP contribution in [-0.2, 0) is 8.85 Å². The summed E-state index contributed by atoms with van der Waals surface area (Å²) in [7, 11) is 1.37. The van der Waals surface area contributed by atoms with Gasteiger partial charge in [0.2, 0.25) is 0 Å². The third kappa shape index (κ3) is 2.71. The van der Waals surface area contributed by atoms with Crippen molar-refractivity contribution in [2.75, 3.05) is 14.2 Å². The molecule has 0 amide bonds. The SMILES string of the molecule is CO[Si]1(OC)C(C(C)(C)C)CCCC1(C(C)(C)C)C(C)(C)C. The molecule has 0 bridgehead atoms. The van der Waals surface area contributed by atoms with Gasteiger partial charge in [-0.15, -0.1) is 0 Å². The molecule has 1 unspecified atom stereocenters. The van der Waals surface area contributed by atoms with E-state index in [-0.39, 0.29) is 21.3 Å². The second-order valence-electron chi connectivity index (χ2n) is 10.3. The molecule has 1 heterocycles. The highest BCUT2D eigenvalue weighted by atomic mass is 28.4. The minimum Gasteiger partial charge on any atom is -0.397 e. The molecular formula is C19H40O2Si. The summed E-state index contributed by atoms with van der Waals surface area (Å²) in [6.07, 6.45) is 3.71. The highest BCUT2D eigenvalue weighted by molar-refractivity contribution is 6.73. The molecule has 3 heteroatoms. The zero-order chi connectivity index (χ0) is 17.6. The fraction of sp³-hybridized carbons (Fsp3) is 1.00. The van der Waals surface area contributed by atoms with Crippen LogP contribution in [-0.4, -0.2) is 22.8 Å². The number of hydrogen-bond acceptors (Lipinski definition) is 2. The van der Waals surface area contributed by atoms with Crippen molar-refractivity contribution in [1.82, 2.24) is 0 Å². The average molecular weight is 329 g/mol. The van der Waals surface area contributed by atoms with Crippen LogP contribution in [0.1, 0.15) is 81.6 Å². The van der Waals surface area contributed by atoms with Gasteiger partial charge in [0.1, 0.15) is 0 Å². The van der Waals surface area contributed by atoms with Crippen molar-refractivity contribution < 1.29 is 8.85 Å². The van der Waals surface area contributed by atoms with Crippen LogP contribution in [0.2, 0.25) is 10.6 Å². The lowest BCUT2D eigenvalue weighted by atomic mass is 9.63. The molecule has 2 nitrogen and oxygen atoms in total. The quantitative estimate of drug-likeness (QED) is 0.566. The second-order valence-corrected chi connectivity index (χ2v) is 14.0. The van der Waals surface area contributed by atoms with Crippen LogP contribution in [0.3, 0.4) is 0 Å². The monoisotopic (exact) mass is 328 g/mol. The van der Waals surface area contributed by atoms with Crippen molar-refractivity contribution in [2.24, 2.45) is 16.2 Å². The van der Waals surface area contributed by atoms with Crippen molar-refractivity contribution in [2.45, 2.75) is 92.2 Å². The van der Waals surface area contributed by atoms with Gasteiger partial charge in [-0.1, -0.05) is 68.7 Å². The molecule has 1 atom stereocenters. The Morgan fingerprint density at radius 2 is 1.23 bits per heavy atom. The molecule has 1 rings (SSSR count). The Balaban J connectivity index is 3.73. The highest BCUT2D eigenvalue weighted by Gasteiger charge is 2.72. The Hall–Kier alpha value is 0.137. The van der Waals surface area contributed by atoms with E-state index in [1.165, 1.54) is 19.3 Å². The molecule has 1 aliphatic rings. The molecule has 0 aromatic heterocycles. The Labute approximate surface area is 140 Å². The van der Waals surface area contributed by atoms with Crippen LogP contribution in [0.25, 0.3) is 0 Å². The van der Waals surface area contributed by atoms with Crippen molar-refractivity contribution in [3.8, 4) is 0 Å². The Bertz CT molecular complexity index is 364. The Morgan fingerprint density at radius 1 is 0.818 bits per heavy atom. The van der Waals surface area contributed by atoms with Gasteiger partial charge in [-0.25, -0.2) is 0 Å². The van der Waals surface area contributed by atoms with Gasteiger partial charge in [-0.2, -0.15) is 0 Å². The molecule has 0 spiro atoms. The minimum atomic E-state index is -2.45. The molecular weight excluding hydrogens is 288 g/mol. The van der Waals surface area contributed by atoms with Gasteiger partial charge in [-0.05, 0) is 29.1 Å². The van der Waals surface area contributed by atoms with Crippen LogP contribution < -0.4 is 0 Å². The topological polar surface area (TPSA) is 18.5 Å². The molecule has 0 aliphatic carbocycles. The van der Waals surface area contributed by atoms with Crippen LogP contribution in [0.15, 0.2) is 0 Å². The summed E-state index contributed by atoms with van der Waals surface area (Å²) >= 11 is 0. The van der Waals surface area contributed by atoms with Gasteiger partial charge >= 0.3 is 8.56 Å². The summed E-state index contributed by atoms with van der Waals surface area (Å²) in [6, 6.07) is 0. The van der Waals surface area contributed by atoms with Crippen LogP contribution in [0.5, 0.6) is 0 Å². The van der Waals surface area contributed by atoms with Crippen molar-refractivity contribution >= 4 is 8.56 Å². The number of hydrogen-bond donors (Lipinski definition) is 0. The Morgan fingerprint density at radius 3 is 1.50 bits per heavy atom. The molecule has 0 N–H and O–H groups in total. The lowest BCUT2D eigenvalue weighted by molar-refractivity contribution is 0.0157. The van der Waals surface area contributed by atoms with Gasteiger partial charge in [0.05, 0.1) is 0 Å². The van der Waals surface area contributed by atoms with Crippen LogP contribution in [0.4, 0.5) is 0 Å². The maximum atomic E-state index is 6.45. The molecule has 1 saturated heterocycles. The minimum absolute atomic E-state index is 0.0900. The first-order chi connectivity index (χ1) is 9.71. The van der Waals surface area contributed by atoms with E-state index in [4.69, 9.17) is 8.85 Å². The van der Waals surface area contributed by atoms with E-state index in [0.717, 1.165) is 0 Å². The second kappa shape index (κ2) is 5.89. The number of rotatable bonds is 2. The molecule has 132 valence electrons. The zero-order valence-corrected chi connectivity index (χ0v) is 18.0. The fourth-order valence-corrected chi connectivity index (χ4v) is 12.2. The fourth-order valence-electron chi connectivity index (χ4n) is 5.87. The molecule has 1 fully saturated rings. The third-order valence-electron chi connectivity index (χ3n) is 6.31. The maximum Gasteiger partial charge on any atom is 0.348 e. The zero-order valence-electron chi connectivity index (χ0n) is 17.0. The molecule has 0 saturated carbocycles. The molecule has 0 radical (unpaired) electrons. The first kappa shape index (κ1) is 20.2. The van der Waals surface area contributed by atoms with E-state index in [9.17, 15) is 0 Å². The summed E-state index contributed by atoms with van der Waals surface area (Å²) in [4.78, 5) is 0. The predicted molar refractivity (Wildman–Crippen MR) is 98.4 cm³/mol. The lowest BCUT2D eigenvalue weighted by Crippen LogP contribution is -2.68. The van der Waals surface area contributed by atoms with E-state index < -0.39 is 8.56 Å². The van der Waals surface area contributed by atoms with Crippen molar-refractivity contribution in [3.05, 3.63) is 0 Å².